The number of hydrogen-bond acceptors (Lipinski definition) is 3. The minimum Gasteiger partial charge on any atom is -0.425 e. The summed E-state index contributed by atoms with van der Waals surface area (Å²) in [5.41, 5.74) is 0. The van der Waals surface area contributed by atoms with Crippen molar-refractivity contribution in [3.8, 4) is 0 Å². The van der Waals surface area contributed by atoms with Crippen molar-refractivity contribution in [3.05, 3.63) is 0 Å². The van der Waals surface area contributed by atoms with Crippen LogP contribution in [0.3, 0.4) is 0 Å². The molecule has 0 aromatic heterocycles. The van der Waals surface area contributed by atoms with Crippen LogP contribution in [0.2, 0.25) is 6.04 Å². The zero-order valence-corrected chi connectivity index (χ0v) is 11.0. The van der Waals surface area contributed by atoms with E-state index in [1.165, 1.54) is 25.3 Å². The fourth-order valence-electron chi connectivity index (χ4n) is 1.06. The molecule has 0 aromatic carbocycles. The monoisotopic (exact) mass is 208 g/mol. The summed E-state index contributed by atoms with van der Waals surface area (Å²) in [6.45, 7) is 2.22. The molecule has 0 radical (unpaired) electrons. The molecular weight excluding hydrogens is 192 g/mol. The van der Waals surface area contributed by atoms with E-state index in [4.69, 9.17) is 12.3 Å². The first-order chi connectivity index (χ1) is 5.43. The molecule has 1 saturated heterocycles. The topological polar surface area (TPSA) is 27.7 Å². The normalized spacial score (nSPS) is 29.7. The Morgan fingerprint density at radius 1 is 1.18 bits per heavy atom. The van der Waals surface area contributed by atoms with Crippen LogP contribution in [0.25, 0.3) is 0 Å². The van der Waals surface area contributed by atoms with Gasteiger partial charge in [-0.2, -0.15) is 0 Å². The lowest BCUT2D eigenvalue weighted by atomic mass is 10.3. The summed E-state index contributed by atoms with van der Waals surface area (Å²) in [4.78, 5) is 0. The summed E-state index contributed by atoms with van der Waals surface area (Å²) in [5.74, 6) is 0. The first kappa shape index (κ1) is 9.62. The van der Waals surface area contributed by atoms with E-state index in [9.17, 15) is 0 Å². The van der Waals surface area contributed by atoms with Crippen LogP contribution < -0.4 is 0 Å². The Labute approximate surface area is 74.4 Å². The van der Waals surface area contributed by atoms with Crippen LogP contribution in [0.4, 0.5) is 0 Å². The molecule has 0 aliphatic carbocycles. The van der Waals surface area contributed by atoms with Gasteiger partial charge in [0.2, 0.25) is 0 Å². The number of hydrogen-bond donors (Lipinski definition) is 0. The van der Waals surface area contributed by atoms with Crippen LogP contribution in [-0.2, 0) is 12.3 Å². The molecule has 0 bridgehead atoms. The predicted octanol–water partition coefficient (Wildman–Crippen LogP) is -0.542. The molecule has 11 heavy (non-hydrogen) atoms. The predicted molar refractivity (Wildman–Crippen MR) is 51.8 cm³/mol. The highest BCUT2D eigenvalue weighted by atomic mass is 28.4. The summed E-state index contributed by atoms with van der Waals surface area (Å²) in [6, 6.07) is 1.21. The summed E-state index contributed by atoms with van der Waals surface area (Å²) in [5, 5.41) is 0. The third-order valence-corrected chi connectivity index (χ3v) is 7.99. The van der Waals surface area contributed by atoms with E-state index >= 15 is 0 Å². The lowest BCUT2D eigenvalue weighted by Crippen LogP contribution is -2.34. The van der Waals surface area contributed by atoms with Gasteiger partial charge in [0.15, 0.2) is 0 Å². The highest BCUT2D eigenvalue weighted by molar-refractivity contribution is 6.61. The van der Waals surface area contributed by atoms with Crippen molar-refractivity contribution < 1.29 is 12.3 Å². The molecule has 66 valence electrons. The van der Waals surface area contributed by atoms with Crippen LogP contribution in [0.5, 0.6) is 0 Å². The van der Waals surface area contributed by atoms with E-state index < -0.39 is 29.3 Å². The first-order valence-electron chi connectivity index (χ1n) is 4.24. The standard InChI is InChI=1S/C5H16O3Si3/c1-2-3-4-5-11-7-9-6-10-8-11/h11H,2-5,9-10H2,1H3. The average Bonchev–Trinajstić information content (AvgIpc) is 2.07. The Kier molecular flexibility index (Phi) is 5.33. The lowest BCUT2D eigenvalue weighted by molar-refractivity contribution is 0.321. The van der Waals surface area contributed by atoms with Crippen LogP contribution in [0.1, 0.15) is 26.2 Å². The fourth-order valence-corrected chi connectivity index (χ4v) is 8.25. The van der Waals surface area contributed by atoms with Gasteiger partial charge < -0.3 is 12.3 Å². The Morgan fingerprint density at radius 3 is 2.55 bits per heavy atom. The van der Waals surface area contributed by atoms with Crippen molar-refractivity contribution in [1.82, 2.24) is 0 Å². The van der Waals surface area contributed by atoms with E-state index in [0.29, 0.717) is 0 Å². The fraction of sp³-hybridized carbons (Fsp3) is 1.00. The van der Waals surface area contributed by atoms with Crippen molar-refractivity contribution in [2.75, 3.05) is 0 Å². The molecule has 1 rings (SSSR count). The average molecular weight is 208 g/mol. The maximum atomic E-state index is 5.49. The highest BCUT2D eigenvalue weighted by Gasteiger charge is 2.16. The number of rotatable bonds is 4. The smallest absolute Gasteiger partial charge is 0.303 e. The summed E-state index contributed by atoms with van der Waals surface area (Å²) >= 11 is 0. The molecule has 3 nitrogen and oxygen atoms in total. The van der Waals surface area contributed by atoms with Crippen LogP contribution >= 0.6 is 0 Å². The van der Waals surface area contributed by atoms with Crippen molar-refractivity contribution in [2.24, 2.45) is 0 Å². The summed E-state index contributed by atoms with van der Waals surface area (Å²) in [6.07, 6.45) is 3.89. The largest absolute Gasteiger partial charge is 0.425 e. The molecule has 6 heteroatoms. The second-order valence-electron chi connectivity index (χ2n) is 2.70. The molecule has 1 aliphatic rings. The molecule has 0 saturated carbocycles. The lowest BCUT2D eigenvalue weighted by Gasteiger charge is -2.21. The van der Waals surface area contributed by atoms with Crippen molar-refractivity contribution in [1.29, 1.82) is 0 Å². The maximum absolute atomic E-state index is 5.49. The molecule has 0 amide bonds. The van der Waals surface area contributed by atoms with Crippen LogP contribution in [0, 0.1) is 0 Å². The quantitative estimate of drug-likeness (QED) is 0.459. The second kappa shape index (κ2) is 6.09. The van der Waals surface area contributed by atoms with Crippen molar-refractivity contribution in [2.45, 2.75) is 32.2 Å². The third kappa shape index (κ3) is 4.19. The first-order valence-corrected chi connectivity index (χ1v) is 8.31. The zero-order valence-electron chi connectivity index (χ0n) is 7.04. The van der Waals surface area contributed by atoms with Gasteiger partial charge in [0.1, 0.15) is 0 Å². The molecule has 0 spiro atoms. The van der Waals surface area contributed by atoms with Gasteiger partial charge in [0.25, 0.3) is 20.0 Å². The molecule has 0 unspecified atom stereocenters. The van der Waals surface area contributed by atoms with Gasteiger partial charge >= 0.3 is 9.28 Å². The molecule has 0 aromatic rings. The summed E-state index contributed by atoms with van der Waals surface area (Å²) < 4.78 is 16.2. The molecule has 1 aliphatic heterocycles. The molecule has 0 atom stereocenters. The van der Waals surface area contributed by atoms with E-state index in [-0.39, 0.29) is 0 Å². The molecule has 1 fully saturated rings. The zero-order chi connectivity index (χ0) is 7.94. The Morgan fingerprint density at radius 2 is 1.91 bits per heavy atom. The third-order valence-electron chi connectivity index (χ3n) is 1.72. The second-order valence-corrected chi connectivity index (χ2v) is 8.91. The van der Waals surface area contributed by atoms with Gasteiger partial charge in [-0.25, -0.2) is 0 Å². The minimum absolute atomic E-state index is 0.575. The van der Waals surface area contributed by atoms with Gasteiger partial charge in [0, 0.05) is 0 Å². The summed E-state index contributed by atoms with van der Waals surface area (Å²) in [7, 11) is -2.31. The molecule has 0 N–H and O–H groups in total. The van der Waals surface area contributed by atoms with E-state index in [1.807, 2.05) is 0 Å². The Hall–Kier alpha value is 0.531. The Bertz CT molecular complexity index is 97.0. The van der Waals surface area contributed by atoms with E-state index in [0.717, 1.165) is 0 Å². The molecule has 1 heterocycles. The molecular formula is C5H16O3Si3. The van der Waals surface area contributed by atoms with E-state index in [1.54, 1.807) is 0 Å². The minimum atomic E-state index is -1.16. The number of unbranched alkanes of at least 4 members (excludes halogenated alkanes) is 2. The SMILES string of the molecule is CCCCC[SiH]1O[SiH2]O[SiH2]O1. The van der Waals surface area contributed by atoms with Crippen LogP contribution in [-0.4, -0.2) is 29.3 Å². The highest BCUT2D eigenvalue weighted by Crippen LogP contribution is 2.07. The van der Waals surface area contributed by atoms with Gasteiger partial charge in [-0.1, -0.05) is 26.2 Å². The maximum Gasteiger partial charge on any atom is 0.303 e. The van der Waals surface area contributed by atoms with Crippen molar-refractivity contribution in [3.63, 3.8) is 0 Å². The van der Waals surface area contributed by atoms with Crippen LogP contribution in [0.15, 0.2) is 0 Å². The van der Waals surface area contributed by atoms with E-state index in [2.05, 4.69) is 6.92 Å². The van der Waals surface area contributed by atoms with Gasteiger partial charge in [0.05, 0.1) is 0 Å². The van der Waals surface area contributed by atoms with Gasteiger partial charge in [-0.3, -0.25) is 0 Å². The Balaban J connectivity index is 1.96. The van der Waals surface area contributed by atoms with Gasteiger partial charge in [-0.15, -0.1) is 0 Å². The van der Waals surface area contributed by atoms with Gasteiger partial charge in [-0.05, 0) is 6.04 Å². The van der Waals surface area contributed by atoms with Crippen molar-refractivity contribution >= 4 is 29.3 Å².